The first kappa shape index (κ1) is 16.4. The summed E-state index contributed by atoms with van der Waals surface area (Å²) in [6.45, 7) is 2.85. The van der Waals surface area contributed by atoms with Gasteiger partial charge >= 0.3 is 0 Å². The molecule has 0 spiro atoms. The van der Waals surface area contributed by atoms with Gasteiger partial charge in [0.2, 0.25) is 11.8 Å². The summed E-state index contributed by atoms with van der Waals surface area (Å²) < 4.78 is 0. The summed E-state index contributed by atoms with van der Waals surface area (Å²) in [5.74, 6) is 0.148. The number of hydrogen-bond acceptors (Lipinski definition) is 4. The van der Waals surface area contributed by atoms with Crippen molar-refractivity contribution < 1.29 is 14.5 Å². The Labute approximate surface area is 140 Å². The van der Waals surface area contributed by atoms with Crippen LogP contribution in [0.4, 0.5) is 11.4 Å². The summed E-state index contributed by atoms with van der Waals surface area (Å²) in [6.07, 6.45) is 3.26. The Kier molecular flexibility index (Phi) is 4.51. The van der Waals surface area contributed by atoms with Crippen LogP contribution in [0.1, 0.15) is 31.2 Å². The van der Waals surface area contributed by atoms with E-state index < -0.39 is 4.92 Å². The number of amides is 2. The topological polar surface area (TPSA) is 92.6 Å². The lowest BCUT2D eigenvalue weighted by Crippen LogP contribution is -2.42. The second kappa shape index (κ2) is 6.59. The van der Waals surface area contributed by atoms with Crippen LogP contribution in [0.15, 0.2) is 18.2 Å². The minimum Gasteiger partial charge on any atom is -0.342 e. The highest BCUT2D eigenvalue weighted by molar-refractivity contribution is 5.94. The minimum absolute atomic E-state index is 0.00218. The molecule has 0 radical (unpaired) electrons. The van der Waals surface area contributed by atoms with Gasteiger partial charge in [-0.1, -0.05) is 6.07 Å². The van der Waals surface area contributed by atoms with Crippen molar-refractivity contribution >= 4 is 23.2 Å². The molecular weight excluding hydrogens is 310 g/mol. The summed E-state index contributed by atoms with van der Waals surface area (Å²) in [5, 5.41) is 13.8. The van der Waals surface area contributed by atoms with E-state index in [0.29, 0.717) is 37.2 Å². The number of nitrogens with zero attached hydrogens (tertiary/aromatic N) is 2. The molecule has 0 atom stereocenters. The molecule has 2 fully saturated rings. The number of carbonyl (C=O) groups excluding carboxylic acids is 2. The predicted octanol–water partition coefficient (Wildman–Crippen LogP) is 2.49. The lowest BCUT2D eigenvalue weighted by Gasteiger charge is -2.31. The third kappa shape index (κ3) is 3.39. The van der Waals surface area contributed by atoms with Crippen LogP contribution in [0, 0.1) is 28.9 Å². The largest absolute Gasteiger partial charge is 0.342 e. The highest BCUT2D eigenvalue weighted by Crippen LogP contribution is 2.33. The Bertz CT molecular complexity index is 676. The van der Waals surface area contributed by atoms with E-state index in [-0.39, 0.29) is 29.3 Å². The Balaban J connectivity index is 1.59. The molecule has 7 nitrogen and oxygen atoms in total. The lowest BCUT2D eigenvalue weighted by molar-refractivity contribution is -0.385. The number of benzene rings is 1. The standard InChI is InChI=1S/C17H21N3O4/c1-11-14(3-2-4-15(11)20(23)24)18-16(21)12-7-9-19(10-8-12)17(22)13-5-6-13/h2-4,12-13H,5-10H2,1H3,(H,18,21). The molecule has 0 bridgehead atoms. The number of piperidine rings is 1. The van der Waals surface area contributed by atoms with E-state index in [2.05, 4.69) is 5.32 Å². The average molecular weight is 331 g/mol. The summed E-state index contributed by atoms with van der Waals surface area (Å²) in [5.41, 5.74) is 0.931. The van der Waals surface area contributed by atoms with Crippen molar-refractivity contribution in [1.29, 1.82) is 0 Å². The molecule has 1 heterocycles. The molecule has 0 unspecified atom stereocenters. The van der Waals surface area contributed by atoms with E-state index >= 15 is 0 Å². The SMILES string of the molecule is Cc1c(NC(=O)C2CCN(C(=O)C3CC3)CC2)cccc1[N+](=O)[O-]. The molecule has 1 aromatic carbocycles. The van der Waals surface area contributed by atoms with Gasteiger partial charge in [-0.3, -0.25) is 19.7 Å². The van der Waals surface area contributed by atoms with Crippen LogP contribution in [-0.2, 0) is 9.59 Å². The van der Waals surface area contributed by atoms with Crippen LogP contribution in [0.3, 0.4) is 0 Å². The number of nitro benzene ring substituents is 1. The Hall–Kier alpha value is -2.44. The van der Waals surface area contributed by atoms with Crippen LogP contribution >= 0.6 is 0 Å². The van der Waals surface area contributed by atoms with Gasteiger partial charge in [-0.25, -0.2) is 0 Å². The van der Waals surface area contributed by atoms with E-state index in [0.717, 1.165) is 12.8 Å². The molecule has 1 aliphatic heterocycles. The normalized spacial score (nSPS) is 18.3. The number of nitrogens with one attached hydrogen (secondary N) is 1. The van der Waals surface area contributed by atoms with Crippen LogP contribution in [0.2, 0.25) is 0 Å². The molecule has 1 aromatic rings. The van der Waals surface area contributed by atoms with E-state index in [9.17, 15) is 19.7 Å². The van der Waals surface area contributed by atoms with Crippen LogP contribution in [0.25, 0.3) is 0 Å². The number of anilines is 1. The van der Waals surface area contributed by atoms with Gasteiger partial charge in [-0.2, -0.15) is 0 Å². The minimum atomic E-state index is -0.451. The smallest absolute Gasteiger partial charge is 0.274 e. The van der Waals surface area contributed by atoms with E-state index in [1.165, 1.54) is 6.07 Å². The average Bonchev–Trinajstić information content (AvgIpc) is 3.41. The lowest BCUT2D eigenvalue weighted by atomic mass is 9.95. The van der Waals surface area contributed by atoms with Crippen molar-refractivity contribution in [2.45, 2.75) is 32.6 Å². The van der Waals surface area contributed by atoms with E-state index in [1.807, 2.05) is 4.90 Å². The van der Waals surface area contributed by atoms with Crippen molar-refractivity contribution in [3.05, 3.63) is 33.9 Å². The zero-order valence-corrected chi connectivity index (χ0v) is 13.7. The van der Waals surface area contributed by atoms with Crippen molar-refractivity contribution in [1.82, 2.24) is 4.90 Å². The summed E-state index contributed by atoms with van der Waals surface area (Å²) in [6, 6.07) is 4.66. The van der Waals surface area contributed by atoms with E-state index in [4.69, 9.17) is 0 Å². The van der Waals surface area contributed by atoms with Gasteiger partial charge in [0.25, 0.3) is 5.69 Å². The molecule has 128 valence electrons. The zero-order chi connectivity index (χ0) is 17.3. The first-order chi connectivity index (χ1) is 11.5. The molecule has 1 saturated carbocycles. The maximum atomic E-state index is 12.4. The van der Waals surface area contributed by atoms with Gasteiger partial charge < -0.3 is 10.2 Å². The third-order valence-corrected chi connectivity index (χ3v) is 4.86. The predicted molar refractivity (Wildman–Crippen MR) is 88.5 cm³/mol. The molecular formula is C17H21N3O4. The molecule has 0 aromatic heterocycles. The maximum Gasteiger partial charge on any atom is 0.274 e. The van der Waals surface area contributed by atoms with Crippen molar-refractivity contribution in [3.63, 3.8) is 0 Å². The molecule has 3 rings (SSSR count). The van der Waals surface area contributed by atoms with Crippen molar-refractivity contribution in [2.75, 3.05) is 18.4 Å². The van der Waals surface area contributed by atoms with Gasteiger partial charge in [0, 0.05) is 31.0 Å². The zero-order valence-electron chi connectivity index (χ0n) is 13.7. The van der Waals surface area contributed by atoms with Crippen LogP contribution < -0.4 is 5.32 Å². The molecule has 7 heteroatoms. The second-order valence-electron chi connectivity index (χ2n) is 6.57. The van der Waals surface area contributed by atoms with Crippen molar-refractivity contribution in [2.24, 2.45) is 11.8 Å². The third-order valence-electron chi connectivity index (χ3n) is 4.86. The highest BCUT2D eigenvalue weighted by Gasteiger charge is 2.36. The van der Waals surface area contributed by atoms with Gasteiger partial charge in [0.15, 0.2) is 0 Å². The summed E-state index contributed by atoms with van der Waals surface area (Å²) >= 11 is 0. The maximum absolute atomic E-state index is 12.4. The van der Waals surface area contributed by atoms with Crippen LogP contribution in [-0.4, -0.2) is 34.7 Å². The van der Waals surface area contributed by atoms with Gasteiger partial charge in [-0.15, -0.1) is 0 Å². The molecule has 24 heavy (non-hydrogen) atoms. The first-order valence-corrected chi connectivity index (χ1v) is 8.31. The molecule has 1 aliphatic carbocycles. The number of carbonyl (C=O) groups is 2. The second-order valence-corrected chi connectivity index (χ2v) is 6.57. The highest BCUT2D eigenvalue weighted by atomic mass is 16.6. The molecule has 1 N–H and O–H groups in total. The number of hydrogen-bond donors (Lipinski definition) is 1. The molecule has 1 saturated heterocycles. The van der Waals surface area contributed by atoms with Gasteiger partial charge in [0.1, 0.15) is 0 Å². The fourth-order valence-corrected chi connectivity index (χ4v) is 3.14. The van der Waals surface area contributed by atoms with E-state index in [1.54, 1.807) is 19.1 Å². The van der Waals surface area contributed by atoms with Crippen molar-refractivity contribution in [3.8, 4) is 0 Å². The Morgan fingerprint density at radius 3 is 2.42 bits per heavy atom. The molecule has 2 aliphatic rings. The number of likely N-dealkylation sites (tertiary alicyclic amines) is 1. The quantitative estimate of drug-likeness (QED) is 0.677. The Morgan fingerprint density at radius 1 is 1.17 bits per heavy atom. The Morgan fingerprint density at radius 2 is 1.83 bits per heavy atom. The monoisotopic (exact) mass is 331 g/mol. The van der Waals surface area contributed by atoms with Crippen LogP contribution in [0.5, 0.6) is 0 Å². The summed E-state index contributed by atoms with van der Waals surface area (Å²) in [7, 11) is 0. The van der Waals surface area contributed by atoms with Gasteiger partial charge in [0.05, 0.1) is 16.2 Å². The first-order valence-electron chi connectivity index (χ1n) is 8.31. The molecule has 2 amide bonds. The number of nitro groups is 1. The fraction of sp³-hybridized carbons (Fsp3) is 0.529. The fourth-order valence-electron chi connectivity index (χ4n) is 3.14. The summed E-state index contributed by atoms with van der Waals surface area (Å²) in [4.78, 5) is 36.9. The number of rotatable bonds is 4. The van der Waals surface area contributed by atoms with Gasteiger partial charge in [-0.05, 0) is 38.7 Å².